The van der Waals surface area contributed by atoms with Crippen molar-refractivity contribution in [2.45, 2.75) is 0 Å². The highest BCUT2D eigenvalue weighted by molar-refractivity contribution is 6.07. The van der Waals surface area contributed by atoms with Gasteiger partial charge in [-0.2, -0.15) is 0 Å². The van der Waals surface area contributed by atoms with Gasteiger partial charge in [0.2, 0.25) is 0 Å². The van der Waals surface area contributed by atoms with Crippen LogP contribution in [0.4, 0.5) is 17.1 Å². The predicted octanol–water partition coefficient (Wildman–Crippen LogP) is 13.7. The van der Waals surface area contributed by atoms with Gasteiger partial charge < -0.3 is 9.32 Å². The minimum Gasteiger partial charge on any atom is -0.456 e. The molecule has 0 saturated heterocycles. The Labute approximate surface area is 292 Å². The standard InChI is InChI=1S/C48H33NO/c1-4-16-34(17-5-1)36-28-30-41(40-23-11-10-22-39(40)35-18-6-2-7-19-35)44(32-36)42-24-12-14-26-46(42)49(37-20-8-3-9-21-37)38-29-31-48-45(33-38)43-25-13-15-27-47(43)50-48/h1-33H. The SMILES string of the molecule is c1ccc(-c2ccc(-c3ccccc3-c3ccccc3)c(-c3ccccc3N(c3ccccc3)c3ccc4oc5ccccc5c4c3)c2)cc1. The Kier molecular flexibility index (Phi) is 7.53. The first kappa shape index (κ1) is 29.5. The second kappa shape index (κ2) is 12.8. The van der Waals surface area contributed by atoms with Crippen molar-refractivity contribution in [3.8, 4) is 44.5 Å². The lowest BCUT2D eigenvalue weighted by Crippen LogP contribution is -2.11. The van der Waals surface area contributed by atoms with Crippen LogP contribution in [0, 0.1) is 0 Å². The first-order valence-corrected chi connectivity index (χ1v) is 17.0. The highest BCUT2D eigenvalue weighted by Crippen LogP contribution is 2.47. The maximum absolute atomic E-state index is 6.24. The summed E-state index contributed by atoms with van der Waals surface area (Å²) in [5, 5.41) is 2.21. The first-order chi connectivity index (χ1) is 24.8. The molecule has 0 fully saturated rings. The van der Waals surface area contributed by atoms with Crippen molar-refractivity contribution in [1.82, 2.24) is 0 Å². The number of nitrogens with zero attached hydrogens (tertiary/aromatic N) is 1. The molecule has 9 aromatic rings. The molecule has 0 N–H and O–H groups in total. The van der Waals surface area contributed by atoms with E-state index in [1.165, 1.54) is 38.9 Å². The van der Waals surface area contributed by atoms with Crippen molar-refractivity contribution in [2.75, 3.05) is 4.90 Å². The molecule has 0 unspecified atom stereocenters. The van der Waals surface area contributed by atoms with E-state index < -0.39 is 0 Å². The molecule has 0 radical (unpaired) electrons. The molecule has 236 valence electrons. The minimum atomic E-state index is 0.881. The van der Waals surface area contributed by atoms with Crippen LogP contribution in [0.3, 0.4) is 0 Å². The van der Waals surface area contributed by atoms with Gasteiger partial charge in [0, 0.05) is 27.7 Å². The molecule has 0 aliphatic rings. The zero-order chi connectivity index (χ0) is 33.3. The summed E-state index contributed by atoms with van der Waals surface area (Å²) in [5.41, 5.74) is 14.5. The second-order valence-electron chi connectivity index (χ2n) is 12.5. The smallest absolute Gasteiger partial charge is 0.135 e. The number of anilines is 3. The Bertz CT molecular complexity index is 2590. The molecule has 8 aromatic carbocycles. The number of furan rings is 1. The Hall–Kier alpha value is -6.64. The Morgan fingerprint density at radius 1 is 0.300 bits per heavy atom. The van der Waals surface area contributed by atoms with E-state index in [1.807, 2.05) is 12.1 Å². The molecule has 1 heterocycles. The summed E-state index contributed by atoms with van der Waals surface area (Å²) in [6, 6.07) is 71.2. The number of benzene rings is 8. The minimum absolute atomic E-state index is 0.881. The van der Waals surface area contributed by atoms with Gasteiger partial charge in [0.25, 0.3) is 0 Å². The fourth-order valence-corrected chi connectivity index (χ4v) is 7.15. The van der Waals surface area contributed by atoms with Crippen molar-refractivity contribution in [1.29, 1.82) is 0 Å². The third kappa shape index (κ3) is 5.34. The zero-order valence-electron chi connectivity index (χ0n) is 27.4. The van der Waals surface area contributed by atoms with E-state index in [2.05, 4.69) is 193 Å². The number of hydrogen-bond acceptors (Lipinski definition) is 2. The maximum Gasteiger partial charge on any atom is 0.135 e. The van der Waals surface area contributed by atoms with E-state index in [-0.39, 0.29) is 0 Å². The van der Waals surface area contributed by atoms with Crippen LogP contribution in [0.1, 0.15) is 0 Å². The van der Waals surface area contributed by atoms with Gasteiger partial charge in [-0.05, 0) is 87.5 Å². The van der Waals surface area contributed by atoms with E-state index in [4.69, 9.17) is 4.42 Å². The largest absolute Gasteiger partial charge is 0.456 e. The lowest BCUT2D eigenvalue weighted by atomic mass is 9.87. The van der Waals surface area contributed by atoms with Crippen LogP contribution in [-0.4, -0.2) is 0 Å². The number of hydrogen-bond donors (Lipinski definition) is 0. The molecule has 0 aliphatic heterocycles. The molecule has 50 heavy (non-hydrogen) atoms. The van der Waals surface area contributed by atoms with Crippen molar-refractivity contribution in [3.05, 3.63) is 200 Å². The van der Waals surface area contributed by atoms with Gasteiger partial charge in [-0.15, -0.1) is 0 Å². The summed E-state index contributed by atoms with van der Waals surface area (Å²) in [5.74, 6) is 0. The van der Waals surface area contributed by atoms with Gasteiger partial charge in [-0.1, -0.05) is 152 Å². The van der Waals surface area contributed by atoms with E-state index in [0.29, 0.717) is 0 Å². The van der Waals surface area contributed by atoms with Gasteiger partial charge in [0.1, 0.15) is 11.2 Å². The second-order valence-corrected chi connectivity index (χ2v) is 12.5. The fourth-order valence-electron chi connectivity index (χ4n) is 7.15. The molecular weight excluding hydrogens is 607 g/mol. The normalized spacial score (nSPS) is 11.2. The van der Waals surface area contributed by atoms with Crippen molar-refractivity contribution in [2.24, 2.45) is 0 Å². The summed E-state index contributed by atoms with van der Waals surface area (Å²) in [4.78, 5) is 2.37. The average Bonchev–Trinajstić information content (AvgIpc) is 3.57. The van der Waals surface area contributed by atoms with Crippen molar-refractivity contribution < 1.29 is 4.42 Å². The summed E-state index contributed by atoms with van der Waals surface area (Å²) >= 11 is 0. The van der Waals surface area contributed by atoms with E-state index in [0.717, 1.165) is 44.6 Å². The van der Waals surface area contributed by atoms with Crippen molar-refractivity contribution >= 4 is 39.0 Å². The monoisotopic (exact) mass is 639 g/mol. The fraction of sp³-hybridized carbons (Fsp3) is 0. The quantitative estimate of drug-likeness (QED) is 0.173. The highest BCUT2D eigenvalue weighted by Gasteiger charge is 2.21. The predicted molar refractivity (Wildman–Crippen MR) is 210 cm³/mol. The van der Waals surface area contributed by atoms with E-state index in [1.54, 1.807) is 0 Å². The molecule has 2 nitrogen and oxygen atoms in total. The molecule has 0 spiro atoms. The topological polar surface area (TPSA) is 16.4 Å². The van der Waals surface area contributed by atoms with Crippen LogP contribution in [0.5, 0.6) is 0 Å². The molecule has 0 aliphatic carbocycles. The Morgan fingerprint density at radius 2 is 0.880 bits per heavy atom. The summed E-state index contributed by atoms with van der Waals surface area (Å²) in [6.45, 7) is 0. The number of rotatable bonds is 7. The van der Waals surface area contributed by atoms with Crippen molar-refractivity contribution in [3.63, 3.8) is 0 Å². The van der Waals surface area contributed by atoms with Gasteiger partial charge in [-0.3, -0.25) is 0 Å². The zero-order valence-corrected chi connectivity index (χ0v) is 27.4. The van der Waals surface area contributed by atoms with Gasteiger partial charge in [-0.25, -0.2) is 0 Å². The molecule has 0 bridgehead atoms. The molecule has 1 aromatic heterocycles. The van der Waals surface area contributed by atoms with Crippen LogP contribution in [-0.2, 0) is 0 Å². The third-order valence-electron chi connectivity index (χ3n) is 9.50. The molecule has 0 atom stereocenters. The van der Waals surface area contributed by atoms with Gasteiger partial charge in [0.15, 0.2) is 0 Å². The molecule has 2 heteroatoms. The molecule has 0 saturated carbocycles. The maximum atomic E-state index is 6.24. The average molecular weight is 640 g/mol. The lowest BCUT2D eigenvalue weighted by Gasteiger charge is -2.29. The summed E-state index contributed by atoms with van der Waals surface area (Å²) in [7, 11) is 0. The Balaban J connectivity index is 1.30. The van der Waals surface area contributed by atoms with Crippen LogP contribution in [0.2, 0.25) is 0 Å². The summed E-state index contributed by atoms with van der Waals surface area (Å²) in [6.07, 6.45) is 0. The van der Waals surface area contributed by atoms with Crippen LogP contribution < -0.4 is 4.90 Å². The third-order valence-corrected chi connectivity index (χ3v) is 9.50. The Morgan fingerprint density at radius 3 is 1.66 bits per heavy atom. The van der Waals surface area contributed by atoms with E-state index in [9.17, 15) is 0 Å². The van der Waals surface area contributed by atoms with Gasteiger partial charge >= 0.3 is 0 Å². The molecule has 0 amide bonds. The van der Waals surface area contributed by atoms with Crippen LogP contribution in [0.25, 0.3) is 66.4 Å². The van der Waals surface area contributed by atoms with Gasteiger partial charge in [0.05, 0.1) is 5.69 Å². The summed E-state index contributed by atoms with van der Waals surface area (Å²) < 4.78 is 6.24. The highest BCUT2D eigenvalue weighted by atomic mass is 16.3. The van der Waals surface area contributed by atoms with Crippen LogP contribution in [0.15, 0.2) is 205 Å². The number of para-hydroxylation sites is 3. The van der Waals surface area contributed by atoms with Crippen LogP contribution >= 0.6 is 0 Å². The number of fused-ring (bicyclic) bond motifs is 3. The molecule has 9 rings (SSSR count). The first-order valence-electron chi connectivity index (χ1n) is 17.0. The lowest BCUT2D eigenvalue weighted by molar-refractivity contribution is 0.669. The molecular formula is C48H33NO. The van der Waals surface area contributed by atoms with E-state index >= 15 is 0 Å².